The molecule has 2 unspecified atom stereocenters. The molecule has 2 rings (SSSR count). The molecule has 0 aromatic heterocycles. The molecule has 16 heavy (non-hydrogen) atoms. The highest BCUT2D eigenvalue weighted by Crippen LogP contribution is 2.21. The molecular formula is C13H26N2O. The number of nitrogens with zero attached hydrogens (tertiary/aromatic N) is 1. The Balaban J connectivity index is 1.68. The van der Waals surface area contributed by atoms with Crippen molar-refractivity contribution < 1.29 is 4.74 Å². The van der Waals surface area contributed by atoms with Gasteiger partial charge in [-0.2, -0.15) is 0 Å². The molecule has 0 aliphatic carbocycles. The maximum atomic E-state index is 5.63. The van der Waals surface area contributed by atoms with E-state index in [0.29, 0.717) is 12.1 Å². The largest absolute Gasteiger partial charge is 0.377 e. The summed E-state index contributed by atoms with van der Waals surface area (Å²) in [4.78, 5) is 2.51. The lowest BCUT2D eigenvalue weighted by atomic mass is 9.94. The summed E-state index contributed by atoms with van der Waals surface area (Å²) >= 11 is 0. The lowest BCUT2D eigenvalue weighted by molar-refractivity contribution is 0.0811. The van der Waals surface area contributed by atoms with Gasteiger partial charge in [0.1, 0.15) is 0 Å². The van der Waals surface area contributed by atoms with Crippen molar-refractivity contribution in [2.45, 2.75) is 44.8 Å². The molecule has 0 amide bonds. The molecule has 2 atom stereocenters. The van der Waals surface area contributed by atoms with Crippen LogP contribution < -0.4 is 5.32 Å². The molecule has 2 saturated heterocycles. The molecule has 2 aliphatic rings. The monoisotopic (exact) mass is 226 g/mol. The van der Waals surface area contributed by atoms with Gasteiger partial charge in [-0.1, -0.05) is 0 Å². The molecule has 0 saturated carbocycles. The summed E-state index contributed by atoms with van der Waals surface area (Å²) < 4.78 is 5.63. The van der Waals surface area contributed by atoms with Gasteiger partial charge in [0.25, 0.3) is 0 Å². The van der Waals surface area contributed by atoms with Crippen LogP contribution in [0.2, 0.25) is 0 Å². The summed E-state index contributed by atoms with van der Waals surface area (Å²) in [5, 5.41) is 3.43. The molecule has 3 heteroatoms. The number of hydrogen-bond donors (Lipinski definition) is 1. The second-order valence-corrected chi connectivity index (χ2v) is 5.39. The summed E-state index contributed by atoms with van der Waals surface area (Å²) in [7, 11) is 2.26. The Morgan fingerprint density at radius 2 is 2.00 bits per heavy atom. The van der Waals surface area contributed by atoms with Gasteiger partial charge >= 0.3 is 0 Å². The highest BCUT2D eigenvalue weighted by molar-refractivity contribution is 4.81. The van der Waals surface area contributed by atoms with Crippen LogP contribution in [0.3, 0.4) is 0 Å². The smallest absolute Gasteiger partial charge is 0.0702 e. The van der Waals surface area contributed by atoms with Gasteiger partial charge < -0.3 is 15.0 Å². The molecule has 2 heterocycles. The SMILES string of the molecule is CC1OCCC1N(C)CCC1CCNCC1. The molecule has 94 valence electrons. The summed E-state index contributed by atoms with van der Waals surface area (Å²) in [5.74, 6) is 0.946. The van der Waals surface area contributed by atoms with E-state index in [-0.39, 0.29) is 0 Å². The van der Waals surface area contributed by atoms with Gasteiger partial charge in [-0.05, 0) is 65.2 Å². The third kappa shape index (κ3) is 3.19. The molecular weight excluding hydrogens is 200 g/mol. The Morgan fingerprint density at radius 1 is 1.25 bits per heavy atom. The van der Waals surface area contributed by atoms with Gasteiger partial charge in [-0.3, -0.25) is 0 Å². The quantitative estimate of drug-likeness (QED) is 0.786. The highest BCUT2D eigenvalue weighted by Gasteiger charge is 2.27. The van der Waals surface area contributed by atoms with Crippen molar-refractivity contribution >= 4 is 0 Å². The average molecular weight is 226 g/mol. The van der Waals surface area contributed by atoms with E-state index in [2.05, 4.69) is 24.2 Å². The number of hydrogen-bond acceptors (Lipinski definition) is 3. The minimum atomic E-state index is 0.429. The maximum Gasteiger partial charge on any atom is 0.0702 e. The first kappa shape index (κ1) is 12.3. The van der Waals surface area contributed by atoms with E-state index in [0.717, 1.165) is 12.5 Å². The Morgan fingerprint density at radius 3 is 2.62 bits per heavy atom. The summed E-state index contributed by atoms with van der Waals surface area (Å²) in [5.41, 5.74) is 0. The Hall–Kier alpha value is -0.120. The topological polar surface area (TPSA) is 24.5 Å². The van der Waals surface area contributed by atoms with E-state index < -0.39 is 0 Å². The minimum Gasteiger partial charge on any atom is -0.377 e. The zero-order valence-corrected chi connectivity index (χ0v) is 10.7. The van der Waals surface area contributed by atoms with Gasteiger partial charge in [-0.15, -0.1) is 0 Å². The average Bonchev–Trinajstić information content (AvgIpc) is 2.74. The van der Waals surface area contributed by atoms with Crippen molar-refractivity contribution in [3.8, 4) is 0 Å². The van der Waals surface area contributed by atoms with Crippen LogP contribution in [-0.2, 0) is 4.74 Å². The Labute approximate surface area is 99.5 Å². The second kappa shape index (κ2) is 5.99. The third-order valence-corrected chi connectivity index (χ3v) is 4.25. The van der Waals surface area contributed by atoms with Crippen LogP contribution in [0.5, 0.6) is 0 Å². The predicted molar refractivity (Wildman–Crippen MR) is 66.7 cm³/mol. The first-order valence-electron chi connectivity index (χ1n) is 6.80. The lowest BCUT2D eigenvalue weighted by Gasteiger charge is -2.29. The predicted octanol–water partition coefficient (Wildman–Crippen LogP) is 1.49. The summed E-state index contributed by atoms with van der Waals surface area (Å²) in [6.45, 7) is 6.83. The van der Waals surface area contributed by atoms with Gasteiger partial charge in [-0.25, -0.2) is 0 Å². The van der Waals surface area contributed by atoms with Gasteiger partial charge in [0.15, 0.2) is 0 Å². The zero-order chi connectivity index (χ0) is 11.4. The van der Waals surface area contributed by atoms with Crippen LogP contribution in [0.4, 0.5) is 0 Å². The van der Waals surface area contributed by atoms with E-state index >= 15 is 0 Å². The third-order valence-electron chi connectivity index (χ3n) is 4.25. The highest BCUT2D eigenvalue weighted by atomic mass is 16.5. The Kier molecular flexibility index (Phi) is 4.62. The fraction of sp³-hybridized carbons (Fsp3) is 1.00. The van der Waals surface area contributed by atoms with Gasteiger partial charge in [0.2, 0.25) is 0 Å². The van der Waals surface area contributed by atoms with Crippen LogP contribution in [0, 0.1) is 5.92 Å². The fourth-order valence-corrected chi connectivity index (χ4v) is 3.02. The maximum absolute atomic E-state index is 5.63. The number of rotatable bonds is 4. The van der Waals surface area contributed by atoms with Gasteiger partial charge in [0.05, 0.1) is 6.10 Å². The normalized spacial score (nSPS) is 32.4. The molecule has 0 radical (unpaired) electrons. The molecule has 3 nitrogen and oxygen atoms in total. The number of likely N-dealkylation sites (N-methyl/N-ethyl adjacent to an activating group) is 1. The standard InChI is InChI=1S/C13H26N2O/c1-11-13(6-10-16-11)15(2)9-5-12-3-7-14-8-4-12/h11-14H,3-10H2,1-2H3. The molecule has 0 bridgehead atoms. The van der Waals surface area contributed by atoms with E-state index in [9.17, 15) is 0 Å². The zero-order valence-electron chi connectivity index (χ0n) is 10.7. The van der Waals surface area contributed by atoms with E-state index in [1.165, 1.54) is 45.3 Å². The van der Waals surface area contributed by atoms with E-state index in [1.807, 2.05) is 0 Å². The first-order chi connectivity index (χ1) is 7.77. The Bertz CT molecular complexity index is 204. The van der Waals surface area contributed by atoms with Crippen molar-refractivity contribution in [3.63, 3.8) is 0 Å². The number of ether oxygens (including phenoxy) is 1. The van der Waals surface area contributed by atoms with Crippen molar-refractivity contribution in [3.05, 3.63) is 0 Å². The summed E-state index contributed by atoms with van der Waals surface area (Å²) in [6.07, 6.45) is 5.73. The lowest BCUT2D eigenvalue weighted by Crippen LogP contribution is -2.38. The van der Waals surface area contributed by atoms with Crippen LogP contribution >= 0.6 is 0 Å². The van der Waals surface area contributed by atoms with Crippen LogP contribution in [0.1, 0.15) is 32.6 Å². The number of nitrogens with one attached hydrogen (secondary N) is 1. The first-order valence-corrected chi connectivity index (χ1v) is 6.80. The van der Waals surface area contributed by atoms with E-state index in [4.69, 9.17) is 4.74 Å². The van der Waals surface area contributed by atoms with Crippen LogP contribution in [0.15, 0.2) is 0 Å². The van der Waals surface area contributed by atoms with Crippen molar-refractivity contribution in [1.82, 2.24) is 10.2 Å². The molecule has 0 aromatic carbocycles. The van der Waals surface area contributed by atoms with E-state index in [1.54, 1.807) is 0 Å². The van der Waals surface area contributed by atoms with Crippen molar-refractivity contribution in [2.75, 3.05) is 33.3 Å². The molecule has 0 spiro atoms. The molecule has 1 N–H and O–H groups in total. The fourth-order valence-electron chi connectivity index (χ4n) is 3.02. The van der Waals surface area contributed by atoms with Crippen LogP contribution in [-0.4, -0.2) is 50.3 Å². The number of piperidine rings is 1. The van der Waals surface area contributed by atoms with Crippen LogP contribution in [0.25, 0.3) is 0 Å². The molecule has 2 aliphatic heterocycles. The molecule has 0 aromatic rings. The van der Waals surface area contributed by atoms with Crippen molar-refractivity contribution in [1.29, 1.82) is 0 Å². The molecule has 2 fully saturated rings. The minimum absolute atomic E-state index is 0.429. The van der Waals surface area contributed by atoms with Crippen molar-refractivity contribution in [2.24, 2.45) is 5.92 Å². The van der Waals surface area contributed by atoms with Gasteiger partial charge in [0, 0.05) is 12.6 Å². The second-order valence-electron chi connectivity index (χ2n) is 5.39. The summed E-state index contributed by atoms with van der Waals surface area (Å²) in [6, 6.07) is 0.654.